The molecular formula is C20H25NO3. The molecule has 24 heavy (non-hydrogen) atoms. The summed E-state index contributed by atoms with van der Waals surface area (Å²) < 4.78 is 0. The fourth-order valence-electron chi connectivity index (χ4n) is 2.66. The van der Waals surface area contributed by atoms with Crippen LogP contribution in [0.3, 0.4) is 0 Å². The Balaban J connectivity index is 2.25. The van der Waals surface area contributed by atoms with E-state index in [0.717, 1.165) is 11.1 Å². The van der Waals surface area contributed by atoms with E-state index in [2.05, 4.69) is 0 Å². The molecular weight excluding hydrogens is 302 g/mol. The van der Waals surface area contributed by atoms with Crippen molar-refractivity contribution in [1.29, 1.82) is 0 Å². The van der Waals surface area contributed by atoms with Gasteiger partial charge in [-0.2, -0.15) is 0 Å². The lowest BCUT2D eigenvalue weighted by Crippen LogP contribution is -2.42. The highest BCUT2D eigenvalue weighted by molar-refractivity contribution is 5.97. The summed E-state index contributed by atoms with van der Waals surface area (Å²) in [6.45, 7) is 5.85. The molecule has 2 rings (SSSR count). The molecule has 0 heterocycles. The van der Waals surface area contributed by atoms with E-state index in [1.165, 1.54) is 0 Å². The Labute approximate surface area is 143 Å². The monoisotopic (exact) mass is 327 g/mol. The van der Waals surface area contributed by atoms with Gasteiger partial charge in [-0.1, -0.05) is 36.4 Å². The largest absolute Gasteiger partial charge is 0.507 e. The molecule has 0 aliphatic carbocycles. The molecule has 0 unspecified atom stereocenters. The maximum atomic E-state index is 12.7. The minimum Gasteiger partial charge on any atom is -0.507 e. The Hall–Kier alpha value is -2.33. The van der Waals surface area contributed by atoms with Crippen LogP contribution in [0.15, 0.2) is 48.5 Å². The number of phenols is 1. The highest BCUT2D eigenvalue weighted by Crippen LogP contribution is 2.23. The Morgan fingerprint density at radius 3 is 2.33 bits per heavy atom. The van der Waals surface area contributed by atoms with Crippen molar-refractivity contribution in [2.45, 2.75) is 32.8 Å². The van der Waals surface area contributed by atoms with Crippen LogP contribution in [0.2, 0.25) is 0 Å². The predicted octanol–water partition coefficient (Wildman–Crippen LogP) is 3.22. The summed E-state index contributed by atoms with van der Waals surface area (Å²) in [5, 5.41) is 20.1. The standard InChI is InChI=1S/C20H25NO3/c1-4-21(14-20(2,3)24)19(23)17-13-16(10-11-18(17)22)12-15-8-6-5-7-9-15/h5-11,13,22,24H,4,12,14H2,1-3H3. The summed E-state index contributed by atoms with van der Waals surface area (Å²) in [6, 6.07) is 15.1. The SMILES string of the molecule is CCN(CC(C)(C)O)C(=O)c1cc(Cc2ccccc2)ccc1O. The van der Waals surface area contributed by atoms with E-state index in [4.69, 9.17) is 0 Å². The predicted molar refractivity (Wildman–Crippen MR) is 95.2 cm³/mol. The summed E-state index contributed by atoms with van der Waals surface area (Å²) in [6.07, 6.45) is 0.693. The minimum absolute atomic E-state index is 0.0361. The van der Waals surface area contributed by atoms with Crippen molar-refractivity contribution in [3.8, 4) is 5.75 Å². The quantitative estimate of drug-likeness (QED) is 0.856. The second kappa shape index (κ2) is 7.49. The number of carbonyl (C=O) groups excluding carboxylic acids is 1. The lowest BCUT2D eigenvalue weighted by molar-refractivity contribution is 0.0313. The van der Waals surface area contributed by atoms with E-state index in [-0.39, 0.29) is 23.8 Å². The van der Waals surface area contributed by atoms with Crippen molar-refractivity contribution in [1.82, 2.24) is 4.90 Å². The molecule has 0 bridgehead atoms. The lowest BCUT2D eigenvalue weighted by atomic mass is 10.0. The van der Waals surface area contributed by atoms with Crippen LogP contribution in [0.1, 0.15) is 42.3 Å². The van der Waals surface area contributed by atoms with Crippen LogP contribution in [-0.4, -0.2) is 39.7 Å². The van der Waals surface area contributed by atoms with Gasteiger partial charge >= 0.3 is 0 Å². The molecule has 2 aromatic carbocycles. The van der Waals surface area contributed by atoms with E-state index in [1.54, 1.807) is 30.9 Å². The molecule has 1 amide bonds. The van der Waals surface area contributed by atoms with E-state index < -0.39 is 5.60 Å². The fraction of sp³-hybridized carbons (Fsp3) is 0.350. The van der Waals surface area contributed by atoms with Gasteiger partial charge in [0.05, 0.1) is 11.2 Å². The number of phenolic OH excluding ortho intramolecular Hbond substituents is 1. The summed E-state index contributed by atoms with van der Waals surface area (Å²) in [5.41, 5.74) is 1.39. The zero-order valence-electron chi connectivity index (χ0n) is 14.5. The Kier molecular flexibility index (Phi) is 5.62. The van der Waals surface area contributed by atoms with Gasteiger partial charge in [0.15, 0.2) is 0 Å². The van der Waals surface area contributed by atoms with Crippen molar-refractivity contribution in [3.05, 3.63) is 65.2 Å². The summed E-state index contributed by atoms with van der Waals surface area (Å²) >= 11 is 0. The zero-order valence-corrected chi connectivity index (χ0v) is 14.5. The van der Waals surface area contributed by atoms with E-state index in [0.29, 0.717) is 13.0 Å². The molecule has 4 nitrogen and oxygen atoms in total. The molecule has 2 N–H and O–H groups in total. The first-order chi connectivity index (χ1) is 11.3. The van der Waals surface area contributed by atoms with Crippen LogP contribution in [0.4, 0.5) is 0 Å². The number of hydrogen-bond acceptors (Lipinski definition) is 3. The number of aromatic hydroxyl groups is 1. The second-order valence-corrected chi connectivity index (χ2v) is 6.65. The first-order valence-corrected chi connectivity index (χ1v) is 8.17. The van der Waals surface area contributed by atoms with Crippen molar-refractivity contribution in [2.24, 2.45) is 0 Å². The molecule has 4 heteroatoms. The average molecular weight is 327 g/mol. The first kappa shape index (κ1) is 18.0. The summed E-state index contributed by atoms with van der Waals surface area (Å²) in [5.74, 6) is -0.307. The van der Waals surface area contributed by atoms with Crippen molar-refractivity contribution < 1.29 is 15.0 Å². The number of nitrogens with zero attached hydrogens (tertiary/aromatic N) is 1. The van der Waals surface area contributed by atoms with Gasteiger partial charge in [0.1, 0.15) is 5.75 Å². The second-order valence-electron chi connectivity index (χ2n) is 6.65. The Morgan fingerprint density at radius 1 is 1.08 bits per heavy atom. The van der Waals surface area contributed by atoms with Crippen LogP contribution >= 0.6 is 0 Å². The van der Waals surface area contributed by atoms with Crippen LogP contribution in [0, 0.1) is 0 Å². The van der Waals surface area contributed by atoms with E-state index >= 15 is 0 Å². The van der Waals surface area contributed by atoms with Crippen LogP contribution in [-0.2, 0) is 6.42 Å². The van der Waals surface area contributed by atoms with Crippen LogP contribution in [0.5, 0.6) is 5.75 Å². The maximum Gasteiger partial charge on any atom is 0.257 e. The molecule has 0 saturated heterocycles. The zero-order chi connectivity index (χ0) is 17.7. The number of rotatable bonds is 6. The van der Waals surface area contributed by atoms with Crippen LogP contribution < -0.4 is 0 Å². The molecule has 0 aromatic heterocycles. The smallest absolute Gasteiger partial charge is 0.257 e. The van der Waals surface area contributed by atoms with Crippen molar-refractivity contribution >= 4 is 5.91 Å². The van der Waals surface area contributed by atoms with E-state index in [9.17, 15) is 15.0 Å². The molecule has 0 saturated carbocycles. The Bertz CT molecular complexity index is 690. The maximum absolute atomic E-state index is 12.7. The average Bonchev–Trinajstić information content (AvgIpc) is 2.54. The molecule has 2 aromatic rings. The third kappa shape index (κ3) is 4.83. The molecule has 0 spiro atoms. The lowest BCUT2D eigenvalue weighted by Gasteiger charge is -2.28. The van der Waals surface area contributed by atoms with Gasteiger partial charge in [0, 0.05) is 13.1 Å². The Morgan fingerprint density at radius 2 is 1.75 bits per heavy atom. The molecule has 0 aliphatic heterocycles. The van der Waals surface area contributed by atoms with Crippen molar-refractivity contribution in [3.63, 3.8) is 0 Å². The number of carbonyl (C=O) groups is 1. The topological polar surface area (TPSA) is 60.8 Å². The third-order valence-corrected chi connectivity index (χ3v) is 3.79. The van der Waals surface area contributed by atoms with E-state index in [1.807, 2.05) is 43.3 Å². The molecule has 0 atom stereocenters. The molecule has 0 fully saturated rings. The molecule has 0 radical (unpaired) electrons. The third-order valence-electron chi connectivity index (χ3n) is 3.79. The van der Waals surface area contributed by atoms with Gasteiger partial charge in [-0.15, -0.1) is 0 Å². The van der Waals surface area contributed by atoms with Crippen LogP contribution in [0.25, 0.3) is 0 Å². The summed E-state index contributed by atoms with van der Waals surface area (Å²) in [4.78, 5) is 14.3. The minimum atomic E-state index is -0.983. The molecule has 0 aliphatic rings. The number of benzene rings is 2. The number of aliphatic hydroxyl groups is 1. The number of hydrogen-bond donors (Lipinski definition) is 2. The number of likely N-dealkylation sites (N-methyl/N-ethyl adjacent to an activating group) is 1. The normalized spacial score (nSPS) is 11.3. The fourth-order valence-corrected chi connectivity index (χ4v) is 2.66. The highest BCUT2D eigenvalue weighted by Gasteiger charge is 2.24. The van der Waals surface area contributed by atoms with Gasteiger partial charge in [0.2, 0.25) is 0 Å². The highest BCUT2D eigenvalue weighted by atomic mass is 16.3. The van der Waals surface area contributed by atoms with Gasteiger partial charge in [-0.25, -0.2) is 0 Å². The van der Waals surface area contributed by atoms with Gasteiger partial charge in [-0.3, -0.25) is 4.79 Å². The summed E-state index contributed by atoms with van der Waals surface area (Å²) in [7, 11) is 0. The number of amides is 1. The first-order valence-electron chi connectivity index (χ1n) is 8.17. The van der Waals surface area contributed by atoms with Gasteiger partial charge in [0.25, 0.3) is 5.91 Å². The van der Waals surface area contributed by atoms with Crippen molar-refractivity contribution in [2.75, 3.05) is 13.1 Å². The molecule has 128 valence electrons. The van der Waals surface area contributed by atoms with Gasteiger partial charge < -0.3 is 15.1 Å². The van der Waals surface area contributed by atoms with Gasteiger partial charge in [-0.05, 0) is 50.5 Å².